The Kier molecular flexibility index (Phi) is 21.6. The third-order valence-electron chi connectivity index (χ3n) is 8.94. The Bertz CT molecular complexity index is 1820. The fourth-order valence-electron chi connectivity index (χ4n) is 6.04. The number of nitrogens with two attached hydrogens (primary N) is 1. The minimum atomic E-state index is -1.48. The summed E-state index contributed by atoms with van der Waals surface area (Å²) < 4.78 is 33.3. The zero-order chi connectivity index (χ0) is 42.7. The van der Waals surface area contributed by atoms with Crippen LogP contribution >= 0.6 is 11.6 Å². The van der Waals surface area contributed by atoms with Crippen LogP contribution in [-0.2, 0) is 55.0 Å². The van der Waals surface area contributed by atoms with E-state index in [9.17, 15) is 19.2 Å². The van der Waals surface area contributed by atoms with Crippen LogP contribution in [0.15, 0.2) is 115 Å². The molecule has 0 aliphatic heterocycles. The van der Waals surface area contributed by atoms with Gasteiger partial charge in [0, 0.05) is 41.3 Å². The summed E-state index contributed by atoms with van der Waals surface area (Å²) in [5.74, 6) is -1.28. The van der Waals surface area contributed by atoms with E-state index in [0.717, 1.165) is 5.56 Å². The minimum absolute atomic E-state index is 0.00781. The molecule has 0 spiro atoms. The number of nitrogens with one attached hydrogen (secondary N) is 3. The highest BCUT2D eigenvalue weighted by molar-refractivity contribution is 6.31. The lowest BCUT2D eigenvalue weighted by Gasteiger charge is -2.37. The second-order valence-corrected chi connectivity index (χ2v) is 13.8. The standard InChI is InChI=1S/C45H55ClN4O10/c46-39-21-11-10-20-38(39)45(36-16-6-2-7-17-36,37-18-8-3-9-19-37)60-43(53)40(50-44(54)59-32-35-14-4-1-5-15-35)22-12-13-24-48-41(51)33-58-31-29-56-27-25-49-42(52)34-57-30-28-55-26-23-47/h1-11,14-21,40H,12-13,22-34,47H2,(H,48,51)(H,49,52)(H,50,54)/t40-/m0/s1. The number of halogens is 1. The van der Waals surface area contributed by atoms with Crippen molar-refractivity contribution in [2.24, 2.45) is 5.73 Å². The number of rotatable bonds is 28. The Morgan fingerprint density at radius 3 is 1.75 bits per heavy atom. The molecule has 4 aromatic rings. The fourth-order valence-corrected chi connectivity index (χ4v) is 6.31. The number of alkyl carbamates (subject to hydrolysis) is 1. The number of unbranched alkanes of at least 4 members (excludes halogenated alkanes) is 1. The van der Waals surface area contributed by atoms with Gasteiger partial charge in [0.05, 0.1) is 39.6 Å². The topological polar surface area (TPSA) is 186 Å². The highest BCUT2D eigenvalue weighted by Crippen LogP contribution is 2.43. The molecule has 0 aliphatic carbocycles. The van der Waals surface area contributed by atoms with Crippen molar-refractivity contribution in [2.45, 2.75) is 37.5 Å². The largest absolute Gasteiger partial charge is 0.445 e. The zero-order valence-corrected chi connectivity index (χ0v) is 34.4. The molecule has 0 heterocycles. The van der Waals surface area contributed by atoms with Crippen LogP contribution < -0.4 is 21.7 Å². The molecule has 3 amide bonds. The van der Waals surface area contributed by atoms with E-state index in [-0.39, 0.29) is 57.9 Å². The predicted molar refractivity (Wildman–Crippen MR) is 226 cm³/mol. The fraction of sp³-hybridized carbons (Fsp3) is 0.378. The van der Waals surface area contributed by atoms with Crippen molar-refractivity contribution in [3.8, 4) is 0 Å². The maximum absolute atomic E-state index is 14.4. The summed E-state index contributed by atoms with van der Waals surface area (Å²) >= 11 is 6.85. The summed E-state index contributed by atoms with van der Waals surface area (Å²) in [4.78, 5) is 51.8. The third-order valence-corrected chi connectivity index (χ3v) is 9.27. The van der Waals surface area contributed by atoms with Gasteiger partial charge in [-0.2, -0.15) is 0 Å². The number of ether oxygens (including phenoxy) is 6. The van der Waals surface area contributed by atoms with Gasteiger partial charge < -0.3 is 50.1 Å². The Balaban J connectivity index is 1.28. The van der Waals surface area contributed by atoms with E-state index in [1.54, 1.807) is 12.1 Å². The number of hydrogen-bond donors (Lipinski definition) is 4. The molecule has 0 radical (unpaired) electrons. The second kappa shape index (κ2) is 27.4. The molecule has 0 aliphatic rings. The number of benzene rings is 4. The number of carbonyl (C=O) groups excluding carboxylic acids is 4. The van der Waals surface area contributed by atoms with Gasteiger partial charge in [0.15, 0.2) is 5.60 Å². The van der Waals surface area contributed by atoms with E-state index in [4.69, 9.17) is 45.8 Å². The lowest BCUT2D eigenvalue weighted by Crippen LogP contribution is -2.46. The quantitative estimate of drug-likeness (QED) is 0.0347. The van der Waals surface area contributed by atoms with Gasteiger partial charge in [-0.3, -0.25) is 9.59 Å². The summed E-state index contributed by atoms with van der Waals surface area (Å²) in [7, 11) is 0. The van der Waals surface area contributed by atoms with Crippen molar-refractivity contribution < 1.29 is 47.6 Å². The van der Waals surface area contributed by atoms with Crippen LogP contribution in [0.3, 0.4) is 0 Å². The van der Waals surface area contributed by atoms with Crippen molar-refractivity contribution >= 4 is 35.5 Å². The molecule has 0 fully saturated rings. The van der Waals surface area contributed by atoms with E-state index in [2.05, 4.69) is 16.0 Å². The van der Waals surface area contributed by atoms with E-state index in [1.165, 1.54) is 0 Å². The molecule has 0 unspecified atom stereocenters. The van der Waals surface area contributed by atoms with Gasteiger partial charge in [-0.1, -0.05) is 121 Å². The smallest absolute Gasteiger partial charge is 0.408 e. The number of amides is 3. The van der Waals surface area contributed by atoms with Crippen molar-refractivity contribution in [1.29, 1.82) is 0 Å². The summed E-state index contributed by atoms with van der Waals surface area (Å²) in [6.07, 6.45) is 0.331. The Hall–Kier alpha value is -5.35. The third kappa shape index (κ3) is 16.4. The van der Waals surface area contributed by atoms with E-state index >= 15 is 0 Å². The molecule has 4 aromatic carbocycles. The molecular formula is C45H55ClN4O10. The normalized spacial score (nSPS) is 11.6. The van der Waals surface area contributed by atoms with Crippen molar-refractivity contribution in [2.75, 3.05) is 72.5 Å². The molecule has 1 atom stereocenters. The highest BCUT2D eigenvalue weighted by atomic mass is 35.5. The van der Waals surface area contributed by atoms with Gasteiger partial charge >= 0.3 is 12.1 Å². The van der Waals surface area contributed by atoms with Gasteiger partial charge in [0.25, 0.3) is 0 Å². The first-order chi connectivity index (χ1) is 29.3. The van der Waals surface area contributed by atoms with Crippen molar-refractivity contribution in [3.63, 3.8) is 0 Å². The highest BCUT2D eigenvalue weighted by Gasteiger charge is 2.43. The Morgan fingerprint density at radius 1 is 0.617 bits per heavy atom. The van der Waals surface area contributed by atoms with E-state index < -0.39 is 23.7 Å². The minimum Gasteiger partial charge on any atom is -0.445 e. The van der Waals surface area contributed by atoms with Gasteiger partial charge in [-0.15, -0.1) is 0 Å². The van der Waals surface area contributed by atoms with Crippen LogP contribution in [-0.4, -0.2) is 102 Å². The Labute approximate surface area is 356 Å². The van der Waals surface area contributed by atoms with Crippen LogP contribution in [0.1, 0.15) is 41.5 Å². The first kappa shape index (κ1) is 47.3. The molecule has 14 nitrogen and oxygen atoms in total. The summed E-state index contributed by atoms with van der Waals surface area (Å²) in [6.45, 7) is 2.62. The Morgan fingerprint density at radius 2 is 1.15 bits per heavy atom. The van der Waals surface area contributed by atoms with Gasteiger partial charge in [0.1, 0.15) is 25.9 Å². The van der Waals surface area contributed by atoms with Gasteiger partial charge in [-0.25, -0.2) is 9.59 Å². The predicted octanol–water partition coefficient (Wildman–Crippen LogP) is 4.90. The molecule has 0 bridgehead atoms. The van der Waals surface area contributed by atoms with Crippen LogP contribution in [0.4, 0.5) is 4.79 Å². The second-order valence-electron chi connectivity index (χ2n) is 13.4. The molecule has 60 heavy (non-hydrogen) atoms. The van der Waals surface area contributed by atoms with Crippen LogP contribution in [0, 0.1) is 0 Å². The van der Waals surface area contributed by atoms with Crippen LogP contribution in [0.25, 0.3) is 0 Å². The molecule has 0 aromatic heterocycles. The molecule has 0 saturated heterocycles. The SMILES string of the molecule is NCCOCCOCC(=O)NCCOCCOCC(=O)NCCCC[C@H](NC(=O)OCc1ccccc1)C(=O)OC(c1ccccc1)(c1ccccc1)c1ccccc1Cl. The maximum atomic E-state index is 14.4. The molecular weight excluding hydrogens is 792 g/mol. The van der Waals surface area contributed by atoms with Gasteiger partial charge in [-0.05, 0) is 30.9 Å². The van der Waals surface area contributed by atoms with Crippen molar-refractivity contribution in [1.82, 2.24) is 16.0 Å². The molecule has 15 heteroatoms. The summed E-state index contributed by atoms with van der Waals surface area (Å²) in [5, 5.41) is 8.61. The first-order valence-electron chi connectivity index (χ1n) is 19.9. The molecule has 0 saturated carbocycles. The van der Waals surface area contributed by atoms with Gasteiger partial charge in [0.2, 0.25) is 11.8 Å². The number of hydrogen-bond acceptors (Lipinski definition) is 11. The van der Waals surface area contributed by atoms with E-state index in [0.29, 0.717) is 74.0 Å². The monoisotopic (exact) mass is 846 g/mol. The van der Waals surface area contributed by atoms with Crippen molar-refractivity contribution in [3.05, 3.63) is 143 Å². The maximum Gasteiger partial charge on any atom is 0.408 e. The van der Waals surface area contributed by atoms with Crippen LogP contribution in [0.5, 0.6) is 0 Å². The number of esters is 1. The molecule has 322 valence electrons. The number of carbonyl (C=O) groups is 4. The molecule has 5 N–H and O–H groups in total. The van der Waals surface area contributed by atoms with E-state index in [1.807, 2.05) is 103 Å². The lowest BCUT2D eigenvalue weighted by atomic mass is 9.80. The average molecular weight is 847 g/mol. The van der Waals surface area contributed by atoms with Crippen LogP contribution in [0.2, 0.25) is 5.02 Å². The summed E-state index contributed by atoms with van der Waals surface area (Å²) in [6, 6.07) is 33.9. The zero-order valence-electron chi connectivity index (χ0n) is 33.7. The lowest BCUT2D eigenvalue weighted by molar-refractivity contribution is -0.156. The molecule has 4 rings (SSSR count). The first-order valence-corrected chi connectivity index (χ1v) is 20.3. The summed E-state index contributed by atoms with van der Waals surface area (Å²) in [5.41, 5.74) is 6.51. The average Bonchev–Trinajstić information content (AvgIpc) is 3.27.